The first-order chi connectivity index (χ1) is 8.57. The molecule has 0 aromatic rings. The van der Waals surface area contributed by atoms with Crippen molar-refractivity contribution in [3.05, 3.63) is 0 Å². The zero-order chi connectivity index (χ0) is 13.2. The van der Waals surface area contributed by atoms with E-state index in [1.54, 1.807) is 0 Å². The predicted molar refractivity (Wildman–Crippen MR) is 66.8 cm³/mol. The normalized spacial score (nSPS) is 37.4. The van der Waals surface area contributed by atoms with Crippen molar-refractivity contribution < 1.29 is 18.9 Å². The molecule has 0 spiro atoms. The molecule has 4 heteroatoms. The van der Waals surface area contributed by atoms with E-state index in [1.807, 2.05) is 13.8 Å². The minimum atomic E-state index is -0.608. The largest absolute Gasteiger partial charge is 0.360 e. The topological polar surface area (TPSA) is 36.9 Å². The summed E-state index contributed by atoms with van der Waals surface area (Å²) in [7, 11) is 0. The standard InChI is InChI=1S/C14H22O4/c1-5-7-8-10-11(15-9-6-2)12-13(16-10)18-14(3,4)17-12/h2,10-13H,5,7-9H2,1,3-4H3/t10-,11+,12-,13-/m1/s1. The Bertz CT molecular complexity index is 320. The van der Waals surface area contributed by atoms with Crippen molar-refractivity contribution in [3.63, 3.8) is 0 Å². The summed E-state index contributed by atoms with van der Waals surface area (Å²) >= 11 is 0. The minimum Gasteiger partial charge on any atom is -0.360 e. The first kappa shape index (κ1) is 13.8. The fourth-order valence-corrected chi connectivity index (χ4v) is 2.53. The van der Waals surface area contributed by atoms with E-state index < -0.39 is 5.79 Å². The molecule has 0 aromatic heterocycles. The summed E-state index contributed by atoms with van der Waals surface area (Å²) in [6, 6.07) is 0. The predicted octanol–water partition coefficient (Wildman–Crippen LogP) is 2.07. The summed E-state index contributed by atoms with van der Waals surface area (Å²) in [6.45, 7) is 6.20. The SMILES string of the molecule is C#CCO[C@@H]1[C@H]2OC(C)(C)O[C@H]2O[C@@H]1CCCC. The van der Waals surface area contributed by atoms with Crippen molar-refractivity contribution in [2.45, 2.75) is 70.4 Å². The Balaban J connectivity index is 2.00. The highest BCUT2D eigenvalue weighted by Crippen LogP contribution is 2.39. The van der Waals surface area contributed by atoms with Crippen molar-refractivity contribution in [1.82, 2.24) is 0 Å². The van der Waals surface area contributed by atoms with Gasteiger partial charge in [0.05, 0.1) is 6.10 Å². The van der Waals surface area contributed by atoms with Crippen LogP contribution in [0.25, 0.3) is 0 Å². The molecule has 2 heterocycles. The molecule has 0 aliphatic carbocycles. The zero-order valence-corrected chi connectivity index (χ0v) is 11.3. The van der Waals surface area contributed by atoms with Gasteiger partial charge in [0.1, 0.15) is 18.8 Å². The van der Waals surface area contributed by atoms with Gasteiger partial charge in [0.25, 0.3) is 0 Å². The van der Waals surface area contributed by atoms with Crippen LogP contribution in [0.5, 0.6) is 0 Å². The van der Waals surface area contributed by atoms with Gasteiger partial charge in [0, 0.05) is 0 Å². The fraction of sp³-hybridized carbons (Fsp3) is 0.857. The van der Waals surface area contributed by atoms with E-state index in [9.17, 15) is 0 Å². The number of unbranched alkanes of at least 4 members (excludes halogenated alkanes) is 1. The number of terminal acetylenes is 1. The van der Waals surface area contributed by atoms with Crippen LogP contribution in [0, 0.1) is 12.3 Å². The van der Waals surface area contributed by atoms with Crippen molar-refractivity contribution in [2.24, 2.45) is 0 Å². The third-order valence-electron chi connectivity index (χ3n) is 3.29. The van der Waals surface area contributed by atoms with Crippen molar-refractivity contribution in [2.75, 3.05) is 6.61 Å². The van der Waals surface area contributed by atoms with E-state index in [-0.39, 0.29) is 31.2 Å². The highest BCUT2D eigenvalue weighted by atomic mass is 16.8. The van der Waals surface area contributed by atoms with Crippen LogP contribution in [-0.4, -0.2) is 37.0 Å². The van der Waals surface area contributed by atoms with Crippen LogP contribution in [-0.2, 0) is 18.9 Å². The smallest absolute Gasteiger partial charge is 0.190 e. The molecule has 0 amide bonds. The van der Waals surface area contributed by atoms with Crippen LogP contribution in [0.15, 0.2) is 0 Å². The molecule has 0 radical (unpaired) electrons. The summed E-state index contributed by atoms with van der Waals surface area (Å²) in [6.07, 6.45) is 7.83. The molecule has 0 aromatic carbocycles. The number of fused-ring (bicyclic) bond motifs is 1. The van der Waals surface area contributed by atoms with Crippen LogP contribution in [0.1, 0.15) is 40.0 Å². The first-order valence-electron chi connectivity index (χ1n) is 6.63. The second-order valence-electron chi connectivity index (χ2n) is 5.27. The molecule has 2 aliphatic heterocycles. The lowest BCUT2D eigenvalue weighted by Gasteiger charge is -2.25. The quantitative estimate of drug-likeness (QED) is 0.704. The Morgan fingerprint density at radius 1 is 1.33 bits per heavy atom. The molecule has 0 N–H and O–H groups in total. The van der Waals surface area contributed by atoms with E-state index in [0.717, 1.165) is 19.3 Å². The van der Waals surface area contributed by atoms with Gasteiger partial charge in [-0.2, -0.15) is 0 Å². The zero-order valence-electron chi connectivity index (χ0n) is 11.3. The van der Waals surface area contributed by atoms with Gasteiger partial charge in [0.2, 0.25) is 0 Å². The summed E-state index contributed by atoms with van der Waals surface area (Å²) < 4.78 is 23.2. The molecule has 0 bridgehead atoms. The van der Waals surface area contributed by atoms with Crippen molar-refractivity contribution in [3.8, 4) is 12.3 Å². The van der Waals surface area contributed by atoms with Gasteiger partial charge in [-0.1, -0.05) is 25.7 Å². The van der Waals surface area contributed by atoms with E-state index >= 15 is 0 Å². The molecular weight excluding hydrogens is 232 g/mol. The lowest BCUT2D eigenvalue weighted by Crippen LogP contribution is -2.37. The van der Waals surface area contributed by atoms with Crippen molar-refractivity contribution in [1.29, 1.82) is 0 Å². The number of ether oxygens (including phenoxy) is 4. The van der Waals surface area contributed by atoms with Crippen molar-refractivity contribution >= 4 is 0 Å². The Morgan fingerprint density at radius 3 is 2.78 bits per heavy atom. The molecule has 2 saturated heterocycles. The second kappa shape index (κ2) is 5.58. The van der Waals surface area contributed by atoms with Crippen LogP contribution < -0.4 is 0 Å². The summed E-state index contributed by atoms with van der Waals surface area (Å²) in [5, 5.41) is 0. The molecule has 0 saturated carbocycles. The lowest BCUT2D eigenvalue weighted by molar-refractivity contribution is -0.218. The minimum absolute atomic E-state index is 0.0180. The van der Waals surface area contributed by atoms with Gasteiger partial charge in [-0.3, -0.25) is 0 Å². The second-order valence-corrected chi connectivity index (χ2v) is 5.27. The summed E-state index contributed by atoms with van der Waals surface area (Å²) in [5.41, 5.74) is 0. The maximum absolute atomic E-state index is 5.89. The molecule has 0 unspecified atom stereocenters. The Hall–Kier alpha value is -0.600. The molecular formula is C14H22O4. The van der Waals surface area contributed by atoms with E-state index in [0.29, 0.717) is 0 Å². The van der Waals surface area contributed by atoms with Crippen LogP contribution in [0.3, 0.4) is 0 Å². The van der Waals surface area contributed by atoms with Gasteiger partial charge in [-0.25, -0.2) is 0 Å². The monoisotopic (exact) mass is 254 g/mol. The average Bonchev–Trinajstić information content (AvgIpc) is 2.76. The fourth-order valence-electron chi connectivity index (χ4n) is 2.53. The molecule has 102 valence electrons. The van der Waals surface area contributed by atoms with Gasteiger partial charge < -0.3 is 18.9 Å². The first-order valence-corrected chi connectivity index (χ1v) is 6.63. The van der Waals surface area contributed by atoms with Crippen LogP contribution >= 0.6 is 0 Å². The number of hydrogen-bond acceptors (Lipinski definition) is 4. The maximum Gasteiger partial charge on any atom is 0.190 e. The number of hydrogen-bond donors (Lipinski definition) is 0. The van der Waals surface area contributed by atoms with Crippen LogP contribution in [0.4, 0.5) is 0 Å². The highest BCUT2D eigenvalue weighted by Gasteiger charge is 2.54. The van der Waals surface area contributed by atoms with E-state index in [2.05, 4.69) is 12.8 Å². The number of rotatable bonds is 5. The average molecular weight is 254 g/mol. The molecule has 4 nitrogen and oxygen atoms in total. The molecule has 18 heavy (non-hydrogen) atoms. The van der Waals surface area contributed by atoms with Gasteiger partial charge in [-0.15, -0.1) is 6.42 Å². The van der Waals surface area contributed by atoms with Crippen LogP contribution in [0.2, 0.25) is 0 Å². The molecule has 4 atom stereocenters. The van der Waals surface area contributed by atoms with Gasteiger partial charge in [0.15, 0.2) is 12.1 Å². The van der Waals surface area contributed by atoms with Gasteiger partial charge >= 0.3 is 0 Å². The summed E-state index contributed by atoms with van der Waals surface area (Å²) in [4.78, 5) is 0. The summed E-state index contributed by atoms with van der Waals surface area (Å²) in [5.74, 6) is 1.89. The Kier molecular flexibility index (Phi) is 4.29. The van der Waals surface area contributed by atoms with E-state index in [4.69, 9.17) is 25.4 Å². The lowest BCUT2D eigenvalue weighted by atomic mass is 10.1. The van der Waals surface area contributed by atoms with E-state index in [1.165, 1.54) is 0 Å². The third kappa shape index (κ3) is 2.86. The molecule has 2 aliphatic rings. The Labute approximate surface area is 109 Å². The highest BCUT2D eigenvalue weighted by molar-refractivity contribution is 4.95. The Morgan fingerprint density at radius 2 is 2.11 bits per heavy atom. The van der Waals surface area contributed by atoms with Gasteiger partial charge in [-0.05, 0) is 20.3 Å². The maximum atomic E-state index is 5.89. The molecule has 2 fully saturated rings. The third-order valence-corrected chi connectivity index (χ3v) is 3.29. The molecule has 2 rings (SSSR count).